The van der Waals surface area contributed by atoms with E-state index in [1.807, 2.05) is 0 Å². The van der Waals surface area contributed by atoms with Crippen LogP contribution in [0.1, 0.15) is 23.9 Å². The van der Waals surface area contributed by atoms with Gasteiger partial charge in [-0.3, -0.25) is 4.90 Å². The molecule has 0 unspecified atom stereocenters. The van der Waals surface area contributed by atoms with Crippen molar-refractivity contribution in [1.82, 2.24) is 9.88 Å². The van der Waals surface area contributed by atoms with Crippen LogP contribution in [0.4, 0.5) is 18.3 Å². The fraction of sp³-hybridized carbons (Fsp3) is 0.727. The first-order valence-corrected chi connectivity index (χ1v) is 6.81. The van der Waals surface area contributed by atoms with Gasteiger partial charge in [0.2, 0.25) is 0 Å². The van der Waals surface area contributed by atoms with E-state index < -0.39 is 12.6 Å². The minimum atomic E-state index is -4.11. The van der Waals surface area contributed by atoms with Gasteiger partial charge in [-0.05, 0) is 13.0 Å². The summed E-state index contributed by atoms with van der Waals surface area (Å²) in [5, 5.41) is 3.37. The van der Waals surface area contributed by atoms with Gasteiger partial charge in [-0.2, -0.15) is 13.2 Å². The van der Waals surface area contributed by atoms with Crippen molar-refractivity contribution in [1.29, 1.82) is 0 Å². The molecule has 2 rings (SSSR count). The summed E-state index contributed by atoms with van der Waals surface area (Å²) >= 11 is 1.48. The van der Waals surface area contributed by atoms with Gasteiger partial charge < -0.3 is 5.32 Å². The second-order valence-electron chi connectivity index (χ2n) is 4.30. The summed E-state index contributed by atoms with van der Waals surface area (Å²) in [6.07, 6.45) is -3.98. The molecule has 0 fully saturated rings. The van der Waals surface area contributed by atoms with Gasteiger partial charge in [0, 0.05) is 24.5 Å². The zero-order valence-corrected chi connectivity index (χ0v) is 11.0. The number of aromatic nitrogens is 1. The predicted molar refractivity (Wildman–Crippen MR) is 65.9 cm³/mol. The number of alkyl halides is 3. The average Bonchev–Trinajstić information content (AvgIpc) is 2.68. The maximum atomic E-state index is 12.0. The number of nitrogens with one attached hydrogen (secondary N) is 1. The Balaban J connectivity index is 1.90. The third-order valence-electron chi connectivity index (χ3n) is 2.94. The minimum Gasteiger partial charge on any atom is -0.361 e. The minimum absolute atomic E-state index is 0.104. The fourth-order valence-corrected chi connectivity index (χ4v) is 2.89. The fourth-order valence-electron chi connectivity index (χ4n) is 1.91. The van der Waals surface area contributed by atoms with Crippen molar-refractivity contribution < 1.29 is 13.2 Å². The summed E-state index contributed by atoms with van der Waals surface area (Å²) in [6.45, 7) is 4.79. The Kier molecular flexibility index (Phi) is 4.11. The van der Waals surface area contributed by atoms with Gasteiger partial charge in [0.1, 0.15) is 0 Å². The first kappa shape index (κ1) is 13.6. The van der Waals surface area contributed by atoms with Crippen molar-refractivity contribution in [2.45, 2.75) is 32.5 Å². The number of thiazole rings is 1. The second-order valence-corrected chi connectivity index (χ2v) is 5.38. The molecule has 0 aliphatic carbocycles. The molecule has 0 spiro atoms. The van der Waals surface area contributed by atoms with E-state index in [0.717, 1.165) is 31.7 Å². The van der Waals surface area contributed by atoms with E-state index in [1.165, 1.54) is 16.2 Å². The Hall–Kier alpha value is -0.820. The van der Waals surface area contributed by atoms with Crippen molar-refractivity contribution in [3.05, 3.63) is 10.6 Å². The first-order valence-electron chi connectivity index (χ1n) is 5.99. The smallest absolute Gasteiger partial charge is 0.361 e. The van der Waals surface area contributed by atoms with E-state index in [1.54, 1.807) is 0 Å². The number of hydrogen-bond acceptors (Lipinski definition) is 4. The van der Waals surface area contributed by atoms with Gasteiger partial charge in [-0.1, -0.05) is 6.92 Å². The standard InChI is InChI=1S/C11H16F3N3S/c1-2-17-6-3-9-8(7-17)16-10(18-9)15-5-4-11(12,13)14/h2-7H2,1H3,(H,15,16). The molecule has 0 bridgehead atoms. The van der Waals surface area contributed by atoms with Gasteiger partial charge in [-0.15, -0.1) is 11.3 Å². The van der Waals surface area contributed by atoms with Crippen LogP contribution >= 0.6 is 11.3 Å². The number of nitrogens with zero attached hydrogens (tertiary/aromatic N) is 2. The van der Waals surface area contributed by atoms with Crippen LogP contribution < -0.4 is 5.32 Å². The molecular weight excluding hydrogens is 263 g/mol. The molecule has 1 aliphatic rings. The first-order chi connectivity index (χ1) is 8.48. The summed E-state index contributed by atoms with van der Waals surface area (Å²) in [6, 6.07) is 0. The van der Waals surface area contributed by atoms with Crippen LogP contribution in [0.3, 0.4) is 0 Å². The van der Waals surface area contributed by atoms with Crippen molar-refractivity contribution in [2.24, 2.45) is 0 Å². The third kappa shape index (κ3) is 3.58. The Morgan fingerprint density at radius 2 is 2.22 bits per heavy atom. The Labute approximate surface area is 108 Å². The molecule has 2 heterocycles. The van der Waals surface area contributed by atoms with E-state index >= 15 is 0 Å². The zero-order valence-electron chi connectivity index (χ0n) is 10.2. The van der Waals surface area contributed by atoms with E-state index in [2.05, 4.69) is 22.1 Å². The van der Waals surface area contributed by atoms with Gasteiger partial charge in [0.05, 0.1) is 12.1 Å². The van der Waals surface area contributed by atoms with Crippen LogP contribution in [0, 0.1) is 0 Å². The number of likely N-dealkylation sites (N-methyl/N-ethyl adjacent to an activating group) is 1. The highest BCUT2D eigenvalue weighted by atomic mass is 32.1. The summed E-state index contributed by atoms with van der Waals surface area (Å²) < 4.78 is 36.1. The summed E-state index contributed by atoms with van der Waals surface area (Å²) in [7, 11) is 0. The molecule has 1 N–H and O–H groups in total. The van der Waals surface area contributed by atoms with Crippen molar-refractivity contribution in [3.63, 3.8) is 0 Å². The Bertz CT molecular complexity index is 403. The lowest BCUT2D eigenvalue weighted by atomic mass is 10.2. The van der Waals surface area contributed by atoms with Crippen LogP contribution in [0.25, 0.3) is 0 Å². The molecule has 1 aliphatic heterocycles. The van der Waals surface area contributed by atoms with Gasteiger partial charge in [0.25, 0.3) is 0 Å². The molecule has 0 radical (unpaired) electrons. The van der Waals surface area contributed by atoms with E-state index in [0.29, 0.717) is 5.13 Å². The Morgan fingerprint density at radius 3 is 2.89 bits per heavy atom. The molecule has 0 amide bonds. The zero-order chi connectivity index (χ0) is 13.2. The number of halogens is 3. The number of rotatable bonds is 4. The molecule has 0 aromatic carbocycles. The summed E-state index contributed by atoms with van der Waals surface area (Å²) in [4.78, 5) is 7.85. The van der Waals surface area contributed by atoms with Gasteiger partial charge in [-0.25, -0.2) is 4.98 Å². The lowest BCUT2D eigenvalue weighted by molar-refractivity contribution is -0.131. The molecule has 0 saturated carbocycles. The molecule has 3 nitrogen and oxygen atoms in total. The lowest BCUT2D eigenvalue weighted by Crippen LogP contribution is -2.29. The highest BCUT2D eigenvalue weighted by molar-refractivity contribution is 7.15. The van der Waals surface area contributed by atoms with Crippen molar-refractivity contribution in [2.75, 3.05) is 25.0 Å². The molecular formula is C11H16F3N3S. The number of fused-ring (bicyclic) bond motifs is 1. The third-order valence-corrected chi connectivity index (χ3v) is 4.05. The normalized spacial score (nSPS) is 16.7. The van der Waals surface area contributed by atoms with E-state index in [4.69, 9.17) is 0 Å². The summed E-state index contributed by atoms with van der Waals surface area (Å²) in [5.74, 6) is 0. The largest absolute Gasteiger partial charge is 0.390 e. The van der Waals surface area contributed by atoms with Crippen LogP contribution in [-0.2, 0) is 13.0 Å². The quantitative estimate of drug-likeness (QED) is 0.918. The highest BCUT2D eigenvalue weighted by Gasteiger charge is 2.26. The highest BCUT2D eigenvalue weighted by Crippen LogP contribution is 2.28. The molecule has 7 heteroatoms. The summed E-state index contributed by atoms with van der Waals surface area (Å²) in [5.41, 5.74) is 1.02. The maximum absolute atomic E-state index is 12.0. The lowest BCUT2D eigenvalue weighted by Gasteiger charge is -2.23. The van der Waals surface area contributed by atoms with Gasteiger partial charge in [0.15, 0.2) is 5.13 Å². The number of hydrogen-bond donors (Lipinski definition) is 1. The molecule has 1 aromatic rings. The van der Waals surface area contributed by atoms with Gasteiger partial charge >= 0.3 is 6.18 Å². The molecule has 0 atom stereocenters. The van der Waals surface area contributed by atoms with Crippen LogP contribution in [0.2, 0.25) is 0 Å². The monoisotopic (exact) mass is 279 g/mol. The molecule has 1 aromatic heterocycles. The van der Waals surface area contributed by atoms with Crippen LogP contribution in [0.5, 0.6) is 0 Å². The SMILES string of the molecule is CCN1CCc2sc(NCCC(F)(F)F)nc2C1. The molecule has 102 valence electrons. The van der Waals surface area contributed by atoms with Crippen molar-refractivity contribution >= 4 is 16.5 Å². The van der Waals surface area contributed by atoms with E-state index in [9.17, 15) is 13.2 Å². The van der Waals surface area contributed by atoms with Crippen molar-refractivity contribution in [3.8, 4) is 0 Å². The van der Waals surface area contributed by atoms with Crippen LogP contribution in [-0.4, -0.2) is 35.7 Å². The van der Waals surface area contributed by atoms with Crippen LogP contribution in [0.15, 0.2) is 0 Å². The molecule has 0 saturated heterocycles. The number of anilines is 1. The second kappa shape index (κ2) is 5.44. The Morgan fingerprint density at radius 1 is 1.44 bits per heavy atom. The van der Waals surface area contributed by atoms with E-state index in [-0.39, 0.29) is 6.54 Å². The average molecular weight is 279 g/mol. The topological polar surface area (TPSA) is 28.2 Å². The maximum Gasteiger partial charge on any atom is 0.390 e. The molecule has 18 heavy (non-hydrogen) atoms. The predicted octanol–water partition coefficient (Wildman–Crippen LogP) is 2.89.